The monoisotopic (exact) mass is 437 g/mol. The van der Waals surface area contributed by atoms with E-state index in [1.807, 2.05) is 19.1 Å². The maximum absolute atomic E-state index is 12.0. The van der Waals surface area contributed by atoms with E-state index in [9.17, 15) is 9.59 Å². The van der Waals surface area contributed by atoms with Crippen LogP contribution >= 0.6 is 0 Å². The number of rotatable bonds is 10. The summed E-state index contributed by atoms with van der Waals surface area (Å²) in [5.41, 5.74) is 9.05. The van der Waals surface area contributed by atoms with E-state index in [2.05, 4.69) is 66.0 Å². The summed E-state index contributed by atoms with van der Waals surface area (Å²) in [5, 5.41) is 9.20. The first-order chi connectivity index (χ1) is 15.3. The molecular weight excluding hydrogens is 402 g/mol. The molecule has 2 rings (SSSR count). The maximum atomic E-state index is 12.0. The first-order valence-corrected chi connectivity index (χ1v) is 11.1. The van der Waals surface area contributed by atoms with Crippen LogP contribution in [0.3, 0.4) is 0 Å². The quantitative estimate of drug-likeness (QED) is 0.338. The van der Waals surface area contributed by atoms with Crippen LogP contribution in [0.2, 0.25) is 0 Å². The maximum Gasteiger partial charge on any atom is 0.251 e. The summed E-state index contributed by atoms with van der Waals surface area (Å²) in [7, 11) is 0. The van der Waals surface area contributed by atoms with Crippen LogP contribution in [0.1, 0.15) is 60.8 Å². The zero-order valence-corrected chi connectivity index (χ0v) is 19.4. The van der Waals surface area contributed by atoms with Crippen molar-refractivity contribution in [1.82, 2.24) is 16.0 Å². The molecule has 0 aliphatic carbocycles. The van der Waals surface area contributed by atoms with Crippen molar-refractivity contribution in [3.8, 4) is 0 Å². The first-order valence-electron chi connectivity index (χ1n) is 11.1. The second-order valence-corrected chi connectivity index (χ2v) is 8.25. The molecule has 32 heavy (non-hydrogen) atoms. The Labute approximate surface area is 190 Å². The third-order valence-electron chi connectivity index (χ3n) is 4.88. The Balaban J connectivity index is 1.98. The van der Waals surface area contributed by atoms with E-state index in [1.165, 1.54) is 11.1 Å². The third kappa shape index (κ3) is 8.41. The van der Waals surface area contributed by atoms with Crippen LogP contribution in [0.5, 0.6) is 0 Å². The SMILES string of the molecule is CCNC(=NCc1ccc(C(=O)NCC(N)=O)cc1)NC(C)c1ccc(CC(C)C)cc1. The van der Waals surface area contributed by atoms with Gasteiger partial charge in [0.25, 0.3) is 5.91 Å². The highest BCUT2D eigenvalue weighted by Gasteiger charge is 2.09. The number of nitrogens with one attached hydrogen (secondary N) is 3. The Morgan fingerprint density at radius 3 is 2.12 bits per heavy atom. The van der Waals surface area contributed by atoms with Gasteiger partial charge in [-0.3, -0.25) is 9.59 Å². The standard InChI is InChI=1S/C25H35N5O2/c1-5-27-25(30-18(4)21-10-6-19(7-11-21)14-17(2)3)29-15-20-8-12-22(13-9-20)24(32)28-16-23(26)31/h6-13,17-18H,5,14-16H2,1-4H3,(H2,26,31)(H,28,32)(H2,27,29,30). The lowest BCUT2D eigenvalue weighted by atomic mass is 10.00. The van der Waals surface area contributed by atoms with Gasteiger partial charge in [-0.2, -0.15) is 0 Å². The number of benzene rings is 2. The summed E-state index contributed by atoms with van der Waals surface area (Å²) in [6.45, 7) is 9.64. The van der Waals surface area contributed by atoms with E-state index in [4.69, 9.17) is 5.73 Å². The number of nitrogens with zero attached hydrogens (tertiary/aromatic N) is 1. The smallest absolute Gasteiger partial charge is 0.251 e. The molecule has 2 aromatic carbocycles. The highest BCUT2D eigenvalue weighted by atomic mass is 16.2. The fourth-order valence-electron chi connectivity index (χ4n) is 3.22. The summed E-state index contributed by atoms with van der Waals surface area (Å²) < 4.78 is 0. The molecular formula is C25H35N5O2. The van der Waals surface area contributed by atoms with Gasteiger partial charge in [-0.25, -0.2) is 4.99 Å². The van der Waals surface area contributed by atoms with Gasteiger partial charge < -0.3 is 21.7 Å². The van der Waals surface area contributed by atoms with Crippen molar-refractivity contribution in [3.05, 3.63) is 70.8 Å². The van der Waals surface area contributed by atoms with Gasteiger partial charge in [-0.1, -0.05) is 50.2 Å². The van der Waals surface area contributed by atoms with E-state index in [1.54, 1.807) is 12.1 Å². The molecule has 0 aromatic heterocycles. The minimum atomic E-state index is -0.575. The molecule has 1 atom stereocenters. The normalized spacial score (nSPS) is 12.3. The average molecular weight is 438 g/mol. The summed E-state index contributed by atoms with van der Waals surface area (Å²) in [6.07, 6.45) is 1.08. The Kier molecular flexibility index (Phi) is 9.73. The molecule has 0 bridgehead atoms. The van der Waals surface area contributed by atoms with Crippen LogP contribution in [0, 0.1) is 5.92 Å². The number of hydrogen-bond acceptors (Lipinski definition) is 3. The molecule has 0 aliphatic heterocycles. The van der Waals surface area contributed by atoms with Crippen molar-refractivity contribution in [2.24, 2.45) is 16.6 Å². The number of nitrogens with two attached hydrogens (primary N) is 1. The Morgan fingerprint density at radius 1 is 0.938 bits per heavy atom. The highest BCUT2D eigenvalue weighted by molar-refractivity contribution is 5.96. The van der Waals surface area contributed by atoms with Crippen LogP contribution in [0.4, 0.5) is 0 Å². The topological polar surface area (TPSA) is 109 Å². The van der Waals surface area contributed by atoms with Crippen LogP contribution in [0.15, 0.2) is 53.5 Å². The van der Waals surface area contributed by atoms with Crippen LogP contribution < -0.4 is 21.7 Å². The molecule has 0 spiro atoms. The van der Waals surface area contributed by atoms with E-state index in [0.717, 1.165) is 24.5 Å². The van der Waals surface area contributed by atoms with E-state index in [-0.39, 0.29) is 18.5 Å². The summed E-state index contributed by atoms with van der Waals surface area (Å²) in [6, 6.07) is 16.0. The van der Waals surface area contributed by atoms with E-state index >= 15 is 0 Å². The van der Waals surface area contributed by atoms with Gasteiger partial charge in [-0.05, 0) is 55.0 Å². The lowest BCUT2D eigenvalue weighted by Gasteiger charge is -2.19. The average Bonchev–Trinajstić information content (AvgIpc) is 2.76. The van der Waals surface area contributed by atoms with Gasteiger partial charge in [0.05, 0.1) is 19.1 Å². The third-order valence-corrected chi connectivity index (χ3v) is 4.88. The number of carbonyl (C=O) groups is 2. The molecule has 2 aromatic rings. The van der Waals surface area contributed by atoms with Crippen molar-refractivity contribution >= 4 is 17.8 Å². The molecule has 0 heterocycles. The minimum Gasteiger partial charge on any atom is -0.368 e. The number of primary amides is 1. The molecule has 0 saturated heterocycles. The van der Waals surface area contributed by atoms with Gasteiger partial charge in [0.15, 0.2) is 5.96 Å². The molecule has 0 fully saturated rings. The van der Waals surface area contributed by atoms with Gasteiger partial charge in [0.2, 0.25) is 5.91 Å². The molecule has 0 saturated carbocycles. The minimum absolute atomic E-state index is 0.109. The molecule has 5 N–H and O–H groups in total. The fraction of sp³-hybridized carbons (Fsp3) is 0.400. The Hall–Kier alpha value is -3.35. The van der Waals surface area contributed by atoms with Crippen LogP contribution in [0.25, 0.3) is 0 Å². The molecule has 172 valence electrons. The lowest BCUT2D eigenvalue weighted by Crippen LogP contribution is -2.38. The number of amides is 2. The molecule has 7 heteroatoms. The van der Waals surface area contributed by atoms with Crippen molar-refractivity contribution < 1.29 is 9.59 Å². The van der Waals surface area contributed by atoms with E-state index in [0.29, 0.717) is 18.0 Å². The van der Waals surface area contributed by atoms with Crippen molar-refractivity contribution in [2.75, 3.05) is 13.1 Å². The zero-order valence-electron chi connectivity index (χ0n) is 19.4. The van der Waals surface area contributed by atoms with Crippen LogP contribution in [-0.2, 0) is 17.8 Å². The van der Waals surface area contributed by atoms with Gasteiger partial charge >= 0.3 is 0 Å². The van der Waals surface area contributed by atoms with E-state index < -0.39 is 5.91 Å². The molecule has 0 radical (unpaired) electrons. The Bertz CT molecular complexity index is 905. The predicted molar refractivity (Wildman–Crippen MR) is 129 cm³/mol. The molecule has 2 amide bonds. The second-order valence-electron chi connectivity index (χ2n) is 8.25. The van der Waals surface area contributed by atoms with Crippen molar-refractivity contribution in [2.45, 2.75) is 46.7 Å². The number of carbonyl (C=O) groups excluding carboxylic acids is 2. The lowest BCUT2D eigenvalue weighted by molar-refractivity contribution is -0.117. The van der Waals surface area contributed by atoms with Gasteiger partial charge in [0.1, 0.15) is 0 Å². The zero-order chi connectivity index (χ0) is 23.5. The highest BCUT2D eigenvalue weighted by Crippen LogP contribution is 2.15. The summed E-state index contributed by atoms with van der Waals surface area (Å²) in [5.74, 6) is 0.465. The number of hydrogen-bond donors (Lipinski definition) is 4. The van der Waals surface area contributed by atoms with Crippen molar-refractivity contribution in [3.63, 3.8) is 0 Å². The number of aliphatic imine (C=N–C) groups is 1. The predicted octanol–water partition coefficient (Wildman–Crippen LogP) is 2.92. The number of guanidine groups is 1. The van der Waals surface area contributed by atoms with Crippen LogP contribution in [-0.4, -0.2) is 30.9 Å². The molecule has 0 aliphatic rings. The molecule has 7 nitrogen and oxygen atoms in total. The molecule has 1 unspecified atom stereocenters. The first kappa shape index (κ1) is 24.9. The van der Waals surface area contributed by atoms with Gasteiger partial charge in [0, 0.05) is 12.1 Å². The second kappa shape index (κ2) is 12.5. The fourth-order valence-corrected chi connectivity index (χ4v) is 3.22. The largest absolute Gasteiger partial charge is 0.368 e. The summed E-state index contributed by atoms with van der Waals surface area (Å²) >= 11 is 0. The van der Waals surface area contributed by atoms with Crippen molar-refractivity contribution in [1.29, 1.82) is 0 Å². The summed E-state index contributed by atoms with van der Waals surface area (Å²) in [4.78, 5) is 27.4. The Morgan fingerprint density at radius 2 is 1.56 bits per heavy atom. The van der Waals surface area contributed by atoms with Gasteiger partial charge in [-0.15, -0.1) is 0 Å².